The summed E-state index contributed by atoms with van der Waals surface area (Å²) in [7, 11) is 0. The second-order valence-electron chi connectivity index (χ2n) is 5.86. The van der Waals surface area contributed by atoms with Gasteiger partial charge in [0, 0.05) is 26.1 Å². The van der Waals surface area contributed by atoms with Gasteiger partial charge in [-0.05, 0) is 79.6 Å². The Morgan fingerprint density at radius 2 is 1.60 bits per heavy atom. The van der Waals surface area contributed by atoms with Crippen molar-refractivity contribution in [2.75, 3.05) is 5.32 Å². The minimum absolute atomic E-state index is 0.147. The third-order valence-corrected chi connectivity index (χ3v) is 5.21. The van der Waals surface area contributed by atoms with Gasteiger partial charge in [-0.1, -0.05) is 35.5 Å². The predicted molar refractivity (Wildman–Crippen MR) is 106 cm³/mol. The fourth-order valence-electron chi connectivity index (χ4n) is 2.36. The monoisotopic (exact) mass is 367 g/mol. The number of hydrogen-bond donors (Lipinski definition) is 1. The molecule has 0 aliphatic rings. The molecule has 0 unspecified atom stereocenters. The summed E-state index contributed by atoms with van der Waals surface area (Å²) in [6.07, 6.45) is 0. The molecule has 3 rings (SSSR count). The zero-order valence-corrected chi connectivity index (χ0v) is 15.6. The van der Waals surface area contributed by atoms with Crippen LogP contribution >= 0.6 is 23.4 Å². The van der Waals surface area contributed by atoms with Crippen molar-refractivity contribution in [1.82, 2.24) is 0 Å². The summed E-state index contributed by atoms with van der Waals surface area (Å²) in [6.45, 7) is 4.21. The van der Waals surface area contributed by atoms with Crippen LogP contribution in [0.15, 0.2) is 76.5 Å². The molecule has 25 heavy (non-hydrogen) atoms. The normalized spacial score (nSPS) is 10.5. The van der Waals surface area contributed by atoms with Gasteiger partial charge in [-0.15, -0.1) is 0 Å². The maximum Gasteiger partial charge on any atom is 0.255 e. The van der Waals surface area contributed by atoms with Gasteiger partial charge in [0.05, 0.1) is 0 Å². The number of aryl methyl sites for hydroxylation is 2. The van der Waals surface area contributed by atoms with Crippen molar-refractivity contribution < 1.29 is 4.79 Å². The molecular formula is C21H18ClNOS. The van der Waals surface area contributed by atoms with E-state index < -0.39 is 0 Å². The summed E-state index contributed by atoms with van der Waals surface area (Å²) >= 11 is 7.57. The molecule has 0 aliphatic carbocycles. The molecule has 0 fully saturated rings. The number of hydrogen-bond acceptors (Lipinski definition) is 2. The quantitative estimate of drug-likeness (QED) is 0.581. The van der Waals surface area contributed by atoms with E-state index in [-0.39, 0.29) is 5.91 Å². The Morgan fingerprint density at radius 1 is 0.920 bits per heavy atom. The molecule has 126 valence electrons. The SMILES string of the molecule is Cc1ccc(C)c(Sc2ccc(NC(=O)c3ccc(Cl)cc3)cc2)c1. The first-order valence-electron chi connectivity index (χ1n) is 7.93. The van der Waals surface area contributed by atoms with Gasteiger partial charge >= 0.3 is 0 Å². The largest absolute Gasteiger partial charge is 0.322 e. The van der Waals surface area contributed by atoms with Crippen LogP contribution in [0.2, 0.25) is 5.02 Å². The second-order valence-corrected chi connectivity index (χ2v) is 7.41. The van der Waals surface area contributed by atoms with E-state index in [0.717, 1.165) is 10.6 Å². The highest BCUT2D eigenvalue weighted by Gasteiger charge is 2.07. The molecular weight excluding hydrogens is 350 g/mol. The third kappa shape index (κ3) is 4.65. The van der Waals surface area contributed by atoms with E-state index >= 15 is 0 Å². The smallest absolute Gasteiger partial charge is 0.255 e. The minimum atomic E-state index is -0.147. The highest BCUT2D eigenvalue weighted by atomic mass is 35.5. The zero-order valence-electron chi connectivity index (χ0n) is 14.0. The summed E-state index contributed by atoms with van der Waals surface area (Å²) in [6, 6.07) is 21.2. The molecule has 0 spiro atoms. The molecule has 0 radical (unpaired) electrons. The lowest BCUT2D eigenvalue weighted by Gasteiger charge is -2.09. The number of anilines is 1. The van der Waals surface area contributed by atoms with E-state index in [4.69, 9.17) is 11.6 Å². The van der Waals surface area contributed by atoms with Crippen molar-refractivity contribution in [3.63, 3.8) is 0 Å². The van der Waals surface area contributed by atoms with E-state index in [0.29, 0.717) is 10.6 Å². The van der Waals surface area contributed by atoms with Crippen LogP contribution in [-0.4, -0.2) is 5.91 Å². The van der Waals surface area contributed by atoms with Crippen LogP contribution in [0.4, 0.5) is 5.69 Å². The van der Waals surface area contributed by atoms with Crippen LogP contribution in [0.25, 0.3) is 0 Å². The Labute approximate surface area is 157 Å². The van der Waals surface area contributed by atoms with Crippen LogP contribution < -0.4 is 5.32 Å². The molecule has 0 atom stereocenters. The number of rotatable bonds is 4. The average molecular weight is 368 g/mol. The van der Waals surface area contributed by atoms with Crippen LogP contribution in [0, 0.1) is 13.8 Å². The molecule has 3 aromatic rings. The molecule has 0 saturated heterocycles. The van der Waals surface area contributed by atoms with Gasteiger partial charge in [-0.2, -0.15) is 0 Å². The van der Waals surface area contributed by atoms with Gasteiger partial charge in [0.25, 0.3) is 5.91 Å². The summed E-state index contributed by atoms with van der Waals surface area (Å²) in [5.41, 5.74) is 3.86. The van der Waals surface area contributed by atoms with Gasteiger partial charge in [0.2, 0.25) is 0 Å². The molecule has 0 aromatic heterocycles. The van der Waals surface area contributed by atoms with Crippen molar-refractivity contribution in [1.29, 1.82) is 0 Å². The van der Waals surface area contributed by atoms with Crippen LogP contribution in [0.5, 0.6) is 0 Å². The fraction of sp³-hybridized carbons (Fsp3) is 0.0952. The van der Waals surface area contributed by atoms with Crippen molar-refractivity contribution in [2.45, 2.75) is 23.6 Å². The topological polar surface area (TPSA) is 29.1 Å². The zero-order chi connectivity index (χ0) is 17.8. The number of benzene rings is 3. The fourth-order valence-corrected chi connectivity index (χ4v) is 3.48. The molecule has 3 aromatic carbocycles. The van der Waals surface area contributed by atoms with E-state index in [1.165, 1.54) is 16.0 Å². The number of carbonyl (C=O) groups excluding carboxylic acids is 1. The Bertz CT molecular complexity index is 889. The first-order valence-corrected chi connectivity index (χ1v) is 9.13. The van der Waals surface area contributed by atoms with Crippen molar-refractivity contribution in [2.24, 2.45) is 0 Å². The molecule has 2 nitrogen and oxygen atoms in total. The minimum Gasteiger partial charge on any atom is -0.322 e. The molecule has 0 saturated carbocycles. The first kappa shape index (κ1) is 17.6. The summed E-state index contributed by atoms with van der Waals surface area (Å²) in [4.78, 5) is 14.6. The van der Waals surface area contributed by atoms with E-state index in [9.17, 15) is 4.79 Å². The molecule has 1 N–H and O–H groups in total. The van der Waals surface area contributed by atoms with Crippen molar-refractivity contribution in [3.8, 4) is 0 Å². The Morgan fingerprint density at radius 3 is 2.28 bits per heavy atom. The summed E-state index contributed by atoms with van der Waals surface area (Å²) < 4.78 is 0. The lowest BCUT2D eigenvalue weighted by molar-refractivity contribution is 0.102. The highest BCUT2D eigenvalue weighted by Crippen LogP contribution is 2.31. The number of halogens is 1. The Balaban J connectivity index is 1.68. The van der Waals surface area contributed by atoms with E-state index in [1.54, 1.807) is 36.0 Å². The van der Waals surface area contributed by atoms with Gasteiger partial charge in [-0.3, -0.25) is 4.79 Å². The average Bonchev–Trinajstić information content (AvgIpc) is 2.60. The molecule has 1 amide bonds. The Hall–Kier alpha value is -2.23. The summed E-state index contributed by atoms with van der Waals surface area (Å²) in [5.74, 6) is -0.147. The lowest BCUT2D eigenvalue weighted by atomic mass is 10.2. The van der Waals surface area contributed by atoms with Crippen LogP contribution in [0.3, 0.4) is 0 Å². The molecule has 0 aliphatic heterocycles. The maximum absolute atomic E-state index is 12.2. The van der Waals surface area contributed by atoms with Gasteiger partial charge in [0.15, 0.2) is 0 Å². The third-order valence-electron chi connectivity index (χ3n) is 3.79. The molecule has 4 heteroatoms. The number of carbonyl (C=O) groups is 1. The first-order chi connectivity index (χ1) is 12.0. The number of amides is 1. The second kappa shape index (κ2) is 7.77. The van der Waals surface area contributed by atoms with Crippen molar-refractivity contribution >= 4 is 35.0 Å². The Kier molecular flexibility index (Phi) is 5.47. The predicted octanol–water partition coefficient (Wildman–Crippen LogP) is 6.36. The molecule has 0 heterocycles. The number of nitrogens with one attached hydrogen (secondary N) is 1. The highest BCUT2D eigenvalue weighted by molar-refractivity contribution is 7.99. The lowest BCUT2D eigenvalue weighted by Crippen LogP contribution is -2.11. The van der Waals surface area contributed by atoms with Crippen molar-refractivity contribution in [3.05, 3.63) is 88.4 Å². The molecule has 0 bridgehead atoms. The van der Waals surface area contributed by atoms with Crippen LogP contribution in [0.1, 0.15) is 21.5 Å². The van der Waals surface area contributed by atoms with E-state index in [1.807, 2.05) is 24.3 Å². The summed E-state index contributed by atoms with van der Waals surface area (Å²) in [5, 5.41) is 3.51. The van der Waals surface area contributed by atoms with Gasteiger partial charge in [-0.25, -0.2) is 0 Å². The standard InChI is InChI=1S/C21H18ClNOS/c1-14-3-4-15(2)20(13-14)25-19-11-9-18(10-12-19)23-21(24)16-5-7-17(22)8-6-16/h3-13H,1-2H3,(H,23,24). The van der Waals surface area contributed by atoms with E-state index in [2.05, 4.69) is 37.4 Å². The maximum atomic E-state index is 12.2. The van der Waals surface area contributed by atoms with Gasteiger partial charge in [0.1, 0.15) is 0 Å². The van der Waals surface area contributed by atoms with Crippen LogP contribution in [-0.2, 0) is 0 Å². The van der Waals surface area contributed by atoms with Gasteiger partial charge < -0.3 is 5.32 Å².